The average molecular weight is 230 g/mol. The number of aromatic nitrogens is 2. The minimum Gasteiger partial charge on any atom is -0.394 e. The van der Waals surface area contributed by atoms with Crippen molar-refractivity contribution in [2.24, 2.45) is 0 Å². The number of rotatable bonds is 4. The van der Waals surface area contributed by atoms with Crippen LogP contribution in [0, 0.1) is 0 Å². The van der Waals surface area contributed by atoms with E-state index in [-0.39, 0.29) is 18.6 Å². The van der Waals surface area contributed by atoms with Crippen molar-refractivity contribution in [3.8, 4) is 0 Å². The Balaban J connectivity index is 2.75. The molecule has 7 heteroatoms. The molecule has 0 spiro atoms. The van der Waals surface area contributed by atoms with E-state index in [9.17, 15) is 4.79 Å². The highest BCUT2D eigenvalue weighted by Gasteiger charge is 2.20. The number of hydrogen-bond acceptors (Lipinski definition) is 6. The summed E-state index contributed by atoms with van der Waals surface area (Å²) in [5, 5.41) is 20.2. The zero-order valence-electron chi connectivity index (χ0n) is 8.89. The molecular formula is C8H14N4O2S. The van der Waals surface area contributed by atoms with E-state index < -0.39 is 0 Å². The first kappa shape index (κ1) is 11.9. The molecule has 0 aliphatic rings. The summed E-state index contributed by atoms with van der Waals surface area (Å²) in [4.78, 5) is 13.2. The predicted molar refractivity (Wildman–Crippen MR) is 58.1 cm³/mol. The van der Waals surface area contributed by atoms with Crippen molar-refractivity contribution in [3.05, 3.63) is 5.01 Å². The molecule has 1 amide bonds. The molecule has 0 bridgehead atoms. The maximum Gasteiger partial charge on any atom is 0.284 e. The molecule has 84 valence electrons. The Morgan fingerprint density at radius 1 is 1.67 bits per heavy atom. The van der Waals surface area contributed by atoms with Gasteiger partial charge in [-0.05, 0) is 6.92 Å². The normalized spacial score (nSPS) is 12.3. The lowest BCUT2D eigenvalue weighted by Gasteiger charge is -2.21. The average Bonchev–Trinajstić information content (AvgIpc) is 2.74. The summed E-state index contributed by atoms with van der Waals surface area (Å²) in [7, 11) is 3.35. The smallest absolute Gasteiger partial charge is 0.284 e. The zero-order chi connectivity index (χ0) is 11.4. The molecule has 1 atom stereocenters. The fraction of sp³-hybridized carbons (Fsp3) is 0.625. The summed E-state index contributed by atoms with van der Waals surface area (Å²) >= 11 is 1.19. The summed E-state index contributed by atoms with van der Waals surface area (Å²) in [6.07, 6.45) is 0. The minimum atomic E-state index is -0.226. The highest BCUT2D eigenvalue weighted by molar-refractivity contribution is 7.17. The molecule has 6 nitrogen and oxygen atoms in total. The summed E-state index contributed by atoms with van der Waals surface area (Å²) in [6.45, 7) is 1.69. The molecule has 2 N–H and O–H groups in total. The second-order valence-electron chi connectivity index (χ2n) is 3.11. The third-order valence-corrected chi connectivity index (χ3v) is 3.00. The van der Waals surface area contributed by atoms with Crippen LogP contribution in [-0.2, 0) is 0 Å². The number of aliphatic hydroxyl groups is 1. The number of carbonyl (C=O) groups excluding carboxylic acids is 1. The number of aliphatic hydroxyl groups excluding tert-OH is 1. The van der Waals surface area contributed by atoms with Crippen LogP contribution in [0.2, 0.25) is 0 Å². The first-order valence-corrected chi connectivity index (χ1v) is 5.31. The molecule has 0 radical (unpaired) electrons. The monoisotopic (exact) mass is 230 g/mol. The molecular weight excluding hydrogens is 216 g/mol. The molecule has 0 saturated carbocycles. The summed E-state index contributed by atoms with van der Waals surface area (Å²) < 4.78 is 0. The number of hydrogen-bond donors (Lipinski definition) is 2. The lowest BCUT2D eigenvalue weighted by molar-refractivity contribution is 0.0681. The standard InChI is InChI=1S/C8H14N4O2S/c1-5(4-13)12(3)7(14)6-10-11-8(9-2)15-6/h5,13H,4H2,1-3H3,(H,9,11). The lowest BCUT2D eigenvalue weighted by atomic mass is 10.3. The maximum atomic E-state index is 11.8. The SMILES string of the molecule is CNc1nnc(C(=O)N(C)C(C)CO)s1. The van der Waals surface area contributed by atoms with Gasteiger partial charge in [-0.3, -0.25) is 4.79 Å². The number of nitrogens with one attached hydrogen (secondary N) is 1. The van der Waals surface area contributed by atoms with Crippen molar-refractivity contribution in [2.75, 3.05) is 26.0 Å². The van der Waals surface area contributed by atoms with Crippen LogP contribution in [0.4, 0.5) is 5.13 Å². The van der Waals surface area contributed by atoms with Gasteiger partial charge in [-0.2, -0.15) is 0 Å². The van der Waals surface area contributed by atoms with Gasteiger partial charge in [-0.15, -0.1) is 10.2 Å². The van der Waals surface area contributed by atoms with Gasteiger partial charge in [0.05, 0.1) is 12.6 Å². The quantitative estimate of drug-likeness (QED) is 0.763. The van der Waals surface area contributed by atoms with E-state index in [1.54, 1.807) is 21.0 Å². The second kappa shape index (κ2) is 5.04. The molecule has 0 aliphatic heterocycles. The molecule has 15 heavy (non-hydrogen) atoms. The highest BCUT2D eigenvalue weighted by Crippen LogP contribution is 2.16. The Kier molecular flexibility index (Phi) is 3.98. The summed E-state index contributed by atoms with van der Waals surface area (Å²) in [5.41, 5.74) is 0. The Labute approximate surface area is 91.9 Å². The maximum absolute atomic E-state index is 11.8. The first-order chi connectivity index (χ1) is 7.10. The van der Waals surface area contributed by atoms with Crippen LogP contribution < -0.4 is 5.32 Å². The number of anilines is 1. The van der Waals surface area contributed by atoms with Crippen molar-refractivity contribution >= 4 is 22.4 Å². The number of likely N-dealkylation sites (N-methyl/N-ethyl adjacent to an activating group) is 1. The molecule has 0 aromatic carbocycles. The van der Waals surface area contributed by atoms with E-state index in [1.165, 1.54) is 16.2 Å². The van der Waals surface area contributed by atoms with Crippen molar-refractivity contribution in [3.63, 3.8) is 0 Å². The topological polar surface area (TPSA) is 78.4 Å². The van der Waals surface area contributed by atoms with E-state index in [1.807, 2.05) is 0 Å². The predicted octanol–water partition coefficient (Wildman–Crippen LogP) is 0.0326. The fourth-order valence-corrected chi connectivity index (χ4v) is 1.56. The van der Waals surface area contributed by atoms with Gasteiger partial charge in [-0.25, -0.2) is 0 Å². The highest BCUT2D eigenvalue weighted by atomic mass is 32.1. The molecule has 0 saturated heterocycles. The number of carbonyl (C=O) groups is 1. The van der Waals surface area contributed by atoms with Gasteiger partial charge < -0.3 is 15.3 Å². The van der Waals surface area contributed by atoms with Crippen LogP contribution in [0.1, 0.15) is 16.7 Å². The first-order valence-electron chi connectivity index (χ1n) is 4.49. The van der Waals surface area contributed by atoms with Crippen molar-refractivity contribution < 1.29 is 9.90 Å². The Morgan fingerprint density at radius 2 is 2.33 bits per heavy atom. The van der Waals surface area contributed by atoms with Crippen LogP contribution in [0.15, 0.2) is 0 Å². The Bertz CT molecular complexity index is 341. The van der Waals surface area contributed by atoms with Crippen LogP contribution in [-0.4, -0.2) is 52.9 Å². The molecule has 1 aromatic rings. The van der Waals surface area contributed by atoms with Gasteiger partial charge in [-0.1, -0.05) is 11.3 Å². The molecule has 0 fully saturated rings. The molecule has 1 aromatic heterocycles. The van der Waals surface area contributed by atoms with Crippen LogP contribution in [0.3, 0.4) is 0 Å². The molecule has 1 rings (SSSR count). The van der Waals surface area contributed by atoms with Gasteiger partial charge in [0.1, 0.15) is 0 Å². The molecule has 1 unspecified atom stereocenters. The summed E-state index contributed by atoms with van der Waals surface area (Å²) in [5.74, 6) is -0.226. The van der Waals surface area contributed by atoms with E-state index >= 15 is 0 Å². The van der Waals surface area contributed by atoms with Gasteiger partial charge in [0.25, 0.3) is 5.91 Å². The van der Waals surface area contributed by atoms with Crippen molar-refractivity contribution in [1.29, 1.82) is 0 Å². The van der Waals surface area contributed by atoms with Crippen molar-refractivity contribution in [2.45, 2.75) is 13.0 Å². The van der Waals surface area contributed by atoms with Crippen LogP contribution >= 0.6 is 11.3 Å². The van der Waals surface area contributed by atoms with Crippen LogP contribution in [0.5, 0.6) is 0 Å². The minimum absolute atomic E-state index is 0.0695. The fourth-order valence-electron chi connectivity index (χ4n) is 0.884. The number of nitrogens with zero attached hydrogens (tertiary/aromatic N) is 3. The van der Waals surface area contributed by atoms with Gasteiger partial charge in [0.2, 0.25) is 10.1 Å². The zero-order valence-corrected chi connectivity index (χ0v) is 9.71. The summed E-state index contributed by atoms with van der Waals surface area (Å²) in [6, 6.07) is -0.223. The van der Waals surface area contributed by atoms with Crippen LogP contribution in [0.25, 0.3) is 0 Å². The van der Waals surface area contributed by atoms with Gasteiger partial charge in [0.15, 0.2) is 0 Å². The van der Waals surface area contributed by atoms with Gasteiger partial charge in [0, 0.05) is 14.1 Å². The third kappa shape index (κ3) is 2.63. The van der Waals surface area contributed by atoms with E-state index in [0.29, 0.717) is 10.1 Å². The third-order valence-electron chi connectivity index (χ3n) is 2.07. The number of amides is 1. The largest absolute Gasteiger partial charge is 0.394 e. The van der Waals surface area contributed by atoms with Gasteiger partial charge >= 0.3 is 0 Å². The van der Waals surface area contributed by atoms with E-state index in [0.717, 1.165) is 0 Å². The lowest BCUT2D eigenvalue weighted by Crippen LogP contribution is -2.37. The van der Waals surface area contributed by atoms with E-state index in [2.05, 4.69) is 15.5 Å². The Hall–Kier alpha value is -1.21. The van der Waals surface area contributed by atoms with E-state index in [4.69, 9.17) is 5.11 Å². The second-order valence-corrected chi connectivity index (χ2v) is 4.09. The molecule has 1 heterocycles. The van der Waals surface area contributed by atoms with Crippen molar-refractivity contribution in [1.82, 2.24) is 15.1 Å². The Morgan fingerprint density at radius 3 is 2.80 bits per heavy atom. The molecule has 0 aliphatic carbocycles.